The molecular formula is C50H30N4S. The van der Waals surface area contributed by atoms with Crippen LogP contribution in [-0.4, -0.2) is 15.0 Å². The zero-order valence-corrected chi connectivity index (χ0v) is 30.3. The van der Waals surface area contributed by atoms with Crippen LogP contribution >= 0.6 is 11.3 Å². The van der Waals surface area contributed by atoms with Crippen molar-refractivity contribution in [2.45, 2.75) is 0 Å². The summed E-state index contributed by atoms with van der Waals surface area (Å²) < 4.78 is 2.52. The highest BCUT2D eigenvalue weighted by Crippen LogP contribution is 2.50. The number of aromatic nitrogens is 3. The van der Waals surface area contributed by atoms with Gasteiger partial charge in [0.1, 0.15) is 0 Å². The van der Waals surface area contributed by atoms with E-state index in [1.54, 1.807) is 0 Å². The highest BCUT2D eigenvalue weighted by molar-refractivity contribution is 7.26. The first-order chi connectivity index (χ1) is 27.2. The molecule has 5 heteroatoms. The van der Waals surface area contributed by atoms with Gasteiger partial charge in [0.15, 0.2) is 17.5 Å². The van der Waals surface area contributed by atoms with Crippen molar-refractivity contribution in [3.8, 4) is 73.6 Å². The van der Waals surface area contributed by atoms with Gasteiger partial charge in [0, 0.05) is 42.4 Å². The number of nitriles is 1. The van der Waals surface area contributed by atoms with Crippen molar-refractivity contribution in [2.24, 2.45) is 0 Å². The Bertz CT molecular complexity index is 3000. The topological polar surface area (TPSA) is 62.5 Å². The first-order valence-corrected chi connectivity index (χ1v) is 19.0. The molecule has 0 aliphatic carbocycles. The predicted octanol–water partition coefficient (Wildman–Crippen LogP) is 13.3. The van der Waals surface area contributed by atoms with Gasteiger partial charge in [-0.05, 0) is 56.8 Å². The molecule has 2 aromatic heterocycles. The maximum Gasteiger partial charge on any atom is 0.164 e. The quantitative estimate of drug-likeness (QED) is 0.172. The summed E-state index contributed by atoms with van der Waals surface area (Å²) in [4.78, 5) is 14.8. The second-order valence-electron chi connectivity index (χ2n) is 13.5. The van der Waals surface area contributed by atoms with E-state index in [0.717, 1.165) is 33.4 Å². The lowest BCUT2D eigenvalue weighted by atomic mass is 9.87. The third kappa shape index (κ3) is 5.82. The fourth-order valence-corrected chi connectivity index (χ4v) is 8.81. The molecule has 0 N–H and O–H groups in total. The molecule has 0 aliphatic heterocycles. The first kappa shape index (κ1) is 32.4. The second-order valence-corrected chi connectivity index (χ2v) is 14.5. The monoisotopic (exact) mass is 718 g/mol. The molecule has 10 rings (SSSR count). The van der Waals surface area contributed by atoms with Gasteiger partial charge in [-0.25, -0.2) is 15.0 Å². The highest BCUT2D eigenvalue weighted by atomic mass is 32.1. The Balaban J connectivity index is 1.13. The van der Waals surface area contributed by atoms with Crippen molar-refractivity contribution < 1.29 is 0 Å². The van der Waals surface area contributed by atoms with E-state index in [0.29, 0.717) is 23.0 Å². The average Bonchev–Trinajstić information content (AvgIpc) is 3.65. The molecule has 2 heterocycles. The van der Waals surface area contributed by atoms with Crippen LogP contribution in [0.4, 0.5) is 0 Å². The Labute approximate surface area is 322 Å². The summed E-state index contributed by atoms with van der Waals surface area (Å²) >= 11 is 1.85. The molecule has 4 nitrogen and oxygen atoms in total. The van der Waals surface area contributed by atoms with Gasteiger partial charge in [-0.15, -0.1) is 11.3 Å². The highest BCUT2D eigenvalue weighted by Gasteiger charge is 2.21. The molecule has 0 aliphatic rings. The SMILES string of the molecule is N#Cc1ccc(-c2ccc(-c3c4ccccc4c(-c4ccc(-c5nc(-c6ccccc6)nc(-c6ccccc6)n5)cc4)c4c3sc3ccccc34)cc2)cc1. The van der Waals surface area contributed by atoms with Crippen LogP contribution in [0.25, 0.3) is 98.5 Å². The first-order valence-electron chi connectivity index (χ1n) is 18.2. The molecular weight excluding hydrogens is 689 g/mol. The fraction of sp³-hybridized carbons (Fsp3) is 0. The molecule has 55 heavy (non-hydrogen) atoms. The summed E-state index contributed by atoms with van der Waals surface area (Å²) in [5.74, 6) is 1.92. The van der Waals surface area contributed by atoms with Crippen molar-refractivity contribution in [1.82, 2.24) is 15.0 Å². The molecule has 0 saturated heterocycles. The molecule has 0 radical (unpaired) electrons. The van der Waals surface area contributed by atoms with Gasteiger partial charge < -0.3 is 0 Å². The maximum absolute atomic E-state index is 9.27. The van der Waals surface area contributed by atoms with Crippen molar-refractivity contribution in [1.29, 1.82) is 5.26 Å². The third-order valence-corrected chi connectivity index (χ3v) is 11.4. The zero-order valence-electron chi connectivity index (χ0n) is 29.5. The van der Waals surface area contributed by atoms with Crippen molar-refractivity contribution in [2.75, 3.05) is 0 Å². The predicted molar refractivity (Wildman–Crippen MR) is 228 cm³/mol. The second kappa shape index (κ2) is 13.6. The maximum atomic E-state index is 9.27. The van der Waals surface area contributed by atoms with E-state index in [-0.39, 0.29) is 0 Å². The molecule has 0 saturated carbocycles. The summed E-state index contributed by atoms with van der Waals surface area (Å²) in [5, 5.41) is 14.2. The van der Waals surface area contributed by atoms with Gasteiger partial charge in [-0.3, -0.25) is 0 Å². The van der Waals surface area contributed by atoms with Gasteiger partial charge in [0.25, 0.3) is 0 Å². The van der Waals surface area contributed by atoms with E-state index in [9.17, 15) is 5.26 Å². The van der Waals surface area contributed by atoms with Gasteiger partial charge >= 0.3 is 0 Å². The molecule has 0 atom stereocenters. The molecule has 10 aromatic rings. The Morgan fingerprint density at radius 1 is 0.364 bits per heavy atom. The van der Waals surface area contributed by atoms with E-state index in [2.05, 4.69) is 103 Å². The van der Waals surface area contributed by atoms with Crippen molar-refractivity contribution in [3.63, 3.8) is 0 Å². The number of benzene rings is 8. The summed E-state index contributed by atoms with van der Waals surface area (Å²) in [6.07, 6.45) is 0. The van der Waals surface area contributed by atoms with E-state index >= 15 is 0 Å². The summed E-state index contributed by atoms with van der Waals surface area (Å²) in [5.41, 5.74) is 10.5. The van der Waals surface area contributed by atoms with Crippen LogP contribution in [0, 0.1) is 11.3 Å². The van der Waals surface area contributed by atoms with Crippen LogP contribution in [-0.2, 0) is 0 Å². The van der Waals surface area contributed by atoms with Gasteiger partial charge in [0.2, 0.25) is 0 Å². The van der Waals surface area contributed by atoms with Crippen LogP contribution < -0.4 is 0 Å². The fourth-order valence-electron chi connectivity index (χ4n) is 7.52. The number of nitrogens with zero attached hydrogens (tertiary/aromatic N) is 4. The van der Waals surface area contributed by atoms with Gasteiger partial charge in [0.05, 0.1) is 11.6 Å². The van der Waals surface area contributed by atoms with Gasteiger partial charge in [-0.1, -0.05) is 164 Å². The van der Waals surface area contributed by atoms with Crippen LogP contribution in [0.15, 0.2) is 182 Å². The number of rotatable bonds is 6. The molecule has 256 valence electrons. The Hall–Kier alpha value is -7.26. The van der Waals surface area contributed by atoms with Crippen LogP contribution in [0.3, 0.4) is 0 Å². The standard InChI is InChI=1S/C50H30N4S/c51-31-32-19-21-33(22-20-32)34-23-25-36(26-24-34)45-41-16-8-7-15-40(41)44(46-42-17-9-10-18-43(42)55-47(45)46)35-27-29-39(30-28-35)50-53-48(37-11-3-1-4-12-37)52-49(54-50)38-13-5-2-6-14-38/h1-30H. The number of fused-ring (bicyclic) bond motifs is 4. The Morgan fingerprint density at radius 2 is 0.764 bits per heavy atom. The van der Waals surface area contributed by atoms with E-state index in [1.807, 2.05) is 96.3 Å². The van der Waals surface area contributed by atoms with E-state index in [4.69, 9.17) is 15.0 Å². The van der Waals surface area contributed by atoms with Crippen molar-refractivity contribution >= 4 is 42.3 Å². The van der Waals surface area contributed by atoms with Crippen LogP contribution in [0.5, 0.6) is 0 Å². The third-order valence-electron chi connectivity index (χ3n) is 10.2. The largest absolute Gasteiger partial charge is 0.208 e. The van der Waals surface area contributed by atoms with E-state index in [1.165, 1.54) is 47.6 Å². The average molecular weight is 719 g/mol. The lowest BCUT2D eigenvalue weighted by molar-refractivity contribution is 1.07. The normalized spacial score (nSPS) is 11.3. The Morgan fingerprint density at radius 3 is 1.31 bits per heavy atom. The lowest BCUT2D eigenvalue weighted by Crippen LogP contribution is -2.00. The minimum Gasteiger partial charge on any atom is -0.208 e. The summed E-state index contributed by atoms with van der Waals surface area (Å²) in [6.45, 7) is 0. The van der Waals surface area contributed by atoms with Crippen LogP contribution in [0.2, 0.25) is 0 Å². The molecule has 8 aromatic carbocycles. The summed E-state index contributed by atoms with van der Waals surface area (Å²) in [6, 6.07) is 65.2. The lowest BCUT2D eigenvalue weighted by Gasteiger charge is -2.16. The van der Waals surface area contributed by atoms with Gasteiger partial charge in [-0.2, -0.15) is 5.26 Å². The smallest absolute Gasteiger partial charge is 0.164 e. The minimum atomic E-state index is 0.634. The molecule has 0 amide bonds. The molecule has 0 bridgehead atoms. The molecule has 0 unspecified atom stereocenters. The summed E-state index contributed by atoms with van der Waals surface area (Å²) in [7, 11) is 0. The number of hydrogen-bond acceptors (Lipinski definition) is 5. The number of hydrogen-bond donors (Lipinski definition) is 0. The molecule has 0 fully saturated rings. The van der Waals surface area contributed by atoms with Crippen molar-refractivity contribution in [3.05, 3.63) is 188 Å². The van der Waals surface area contributed by atoms with E-state index < -0.39 is 0 Å². The molecule has 0 spiro atoms. The minimum absolute atomic E-state index is 0.634. The Kier molecular flexibility index (Phi) is 8.02. The number of thiophene rings is 1. The zero-order chi connectivity index (χ0) is 36.7. The van der Waals surface area contributed by atoms with Crippen LogP contribution in [0.1, 0.15) is 5.56 Å².